The van der Waals surface area contributed by atoms with Gasteiger partial charge in [-0.15, -0.1) is 0 Å². The quantitative estimate of drug-likeness (QED) is 0.660. The lowest BCUT2D eigenvalue weighted by molar-refractivity contribution is 0.264. The number of nitrogens with zero attached hydrogens (tertiary/aromatic N) is 7. The SMILES string of the molecule is CC[N]c1nc([N]CC2CCCN2CC)nc([N]c2ccc(OC)c(F)c2)n1. The number of hydrogen-bond donors (Lipinski definition) is 0. The molecular weight excluding hydrogens is 361 g/mol. The molecule has 2 aromatic rings. The Labute approximate surface area is 164 Å². The maximum absolute atomic E-state index is 13.9. The molecule has 0 amide bonds. The maximum Gasteiger partial charge on any atom is 0.256 e. The zero-order chi connectivity index (χ0) is 19.9. The molecule has 1 atom stereocenters. The van der Waals surface area contributed by atoms with E-state index in [9.17, 15) is 4.39 Å². The van der Waals surface area contributed by atoms with Gasteiger partial charge in [0.2, 0.25) is 0 Å². The number of rotatable bonds is 9. The maximum atomic E-state index is 13.9. The van der Waals surface area contributed by atoms with Gasteiger partial charge in [0, 0.05) is 18.7 Å². The van der Waals surface area contributed by atoms with Crippen LogP contribution in [0.1, 0.15) is 26.7 Å². The third kappa shape index (κ3) is 4.98. The van der Waals surface area contributed by atoms with E-state index in [1.165, 1.54) is 25.7 Å². The van der Waals surface area contributed by atoms with Gasteiger partial charge in [-0.1, -0.05) is 6.92 Å². The Morgan fingerprint density at radius 1 is 1.14 bits per heavy atom. The van der Waals surface area contributed by atoms with Gasteiger partial charge in [-0.25, -0.2) is 20.3 Å². The van der Waals surface area contributed by atoms with Crippen LogP contribution in [0, 0.1) is 5.82 Å². The lowest BCUT2D eigenvalue weighted by Gasteiger charge is -2.21. The molecule has 0 bridgehead atoms. The first-order chi connectivity index (χ1) is 13.6. The van der Waals surface area contributed by atoms with Crippen LogP contribution in [0.15, 0.2) is 18.2 Å². The molecule has 0 N–H and O–H groups in total. The van der Waals surface area contributed by atoms with E-state index >= 15 is 0 Å². The molecule has 3 radical (unpaired) electrons. The highest BCUT2D eigenvalue weighted by molar-refractivity contribution is 5.47. The van der Waals surface area contributed by atoms with Crippen molar-refractivity contribution >= 4 is 23.5 Å². The van der Waals surface area contributed by atoms with Crippen LogP contribution in [-0.4, -0.2) is 59.2 Å². The molecule has 0 saturated carbocycles. The first-order valence-electron chi connectivity index (χ1n) is 9.53. The standard InChI is InChI=1S/C19H25FN7O/c1-4-21-17-24-18(22-12-14-7-6-10-27(14)5-2)26-19(25-17)23-13-8-9-16(28-3)15(20)11-13/h8-9,11,14H,4-7,10,12H2,1-3H3. The smallest absolute Gasteiger partial charge is 0.256 e. The minimum Gasteiger partial charge on any atom is -0.494 e. The van der Waals surface area contributed by atoms with Gasteiger partial charge in [0.15, 0.2) is 11.6 Å². The van der Waals surface area contributed by atoms with Gasteiger partial charge in [-0.3, -0.25) is 4.90 Å². The fraction of sp³-hybridized carbons (Fsp3) is 0.526. The molecule has 0 aliphatic carbocycles. The van der Waals surface area contributed by atoms with E-state index in [0.717, 1.165) is 19.5 Å². The molecule has 28 heavy (non-hydrogen) atoms. The minimum atomic E-state index is -0.498. The van der Waals surface area contributed by atoms with E-state index in [4.69, 9.17) is 4.74 Å². The molecule has 8 nitrogen and oxygen atoms in total. The Hall–Kier alpha value is -2.68. The molecule has 1 aliphatic rings. The fourth-order valence-corrected chi connectivity index (χ4v) is 3.22. The molecule has 1 aromatic carbocycles. The van der Waals surface area contributed by atoms with Crippen LogP contribution in [-0.2, 0) is 0 Å². The van der Waals surface area contributed by atoms with Crippen LogP contribution in [0.3, 0.4) is 0 Å². The number of methoxy groups -OCH3 is 1. The summed E-state index contributed by atoms with van der Waals surface area (Å²) >= 11 is 0. The van der Waals surface area contributed by atoms with Crippen LogP contribution in [0.5, 0.6) is 5.75 Å². The van der Waals surface area contributed by atoms with Crippen molar-refractivity contribution < 1.29 is 9.13 Å². The van der Waals surface area contributed by atoms with E-state index in [1.807, 2.05) is 6.92 Å². The van der Waals surface area contributed by atoms with E-state index in [-0.39, 0.29) is 17.6 Å². The number of hydrogen-bond acceptors (Lipinski definition) is 5. The number of aromatic nitrogens is 3. The van der Waals surface area contributed by atoms with Crippen molar-refractivity contribution in [3.8, 4) is 5.75 Å². The molecule has 2 heterocycles. The van der Waals surface area contributed by atoms with Gasteiger partial charge in [-0.05, 0) is 45.0 Å². The highest BCUT2D eigenvalue weighted by atomic mass is 19.1. The topological polar surface area (TPSA) is 93.4 Å². The van der Waals surface area contributed by atoms with E-state index in [1.54, 1.807) is 6.07 Å². The molecule has 1 saturated heterocycles. The Bertz CT molecular complexity index is 789. The highest BCUT2D eigenvalue weighted by Crippen LogP contribution is 2.23. The van der Waals surface area contributed by atoms with Crippen molar-refractivity contribution in [3.05, 3.63) is 24.0 Å². The predicted octanol–water partition coefficient (Wildman–Crippen LogP) is 2.56. The molecule has 1 fully saturated rings. The van der Waals surface area contributed by atoms with Gasteiger partial charge >= 0.3 is 0 Å². The highest BCUT2D eigenvalue weighted by Gasteiger charge is 2.23. The van der Waals surface area contributed by atoms with E-state index in [0.29, 0.717) is 30.8 Å². The van der Waals surface area contributed by atoms with Gasteiger partial charge in [0.05, 0.1) is 19.3 Å². The summed E-state index contributed by atoms with van der Waals surface area (Å²) in [5.74, 6) is 0.399. The number of likely N-dealkylation sites (tertiary alicyclic amines) is 1. The molecule has 3 rings (SSSR count). The first-order valence-corrected chi connectivity index (χ1v) is 9.53. The molecule has 1 aromatic heterocycles. The van der Waals surface area contributed by atoms with Gasteiger partial charge in [-0.2, -0.15) is 15.0 Å². The third-order valence-corrected chi connectivity index (χ3v) is 4.61. The molecule has 149 valence electrons. The molecule has 1 aliphatic heterocycles. The molecule has 0 spiro atoms. The van der Waals surface area contributed by atoms with Crippen LogP contribution >= 0.6 is 0 Å². The summed E-state index contributed by atoms with van der Waals surface area (Å²) in [5, 5.41) is 13.1. The van der Waals surface area contributed by atoms with Crippen molar-refractivity contribution in [1.29, 1.82) is 0 Å². The zero-order valence-corrected chi connectivity index (χ0v) is 16.5. The van der Waals surface area contributed by atoms with Gasteiger partial charge < -0.3 is 4.74 Å². The van der Waals surface area contributed by atoms with Crippen LogP contribution < -0.4 is 20.7 Å². The monoisotopic (exact) mass is 386 g/mol. The minimum absolute atomic E-state index is 0.156. The van der Waals surface area contributed by atoms with Crippen LogP contribution in [0.4, 0.5) is 27.9 Å². The number of halogens is 1. The van der Waals surface area contributed by atoms with E-state index in [2.05, 4.69) is 42.7 Å². The third-order valence-electron chi connectivity index (χ3n) is 4.61. The summed E-state index contributed by atoms with van der Waals surface area (Å²) in [5.41, 5.74) is 0.380. The number of likely N-dealkylation sites (N-methyl/N-ethyl adjacent to an activating group) is 1. The second kappa shape index (κ2) is 9.50. The normalized spacial score (nSPS) is 16.8. The Kier molecular flexibility index (Phi) is 6.80. The van der Waals surface area contributed by atoms with Crippen molar-refractivity contribution in [2.45, 2.75) is 32.7 Å². The van der Waals surface area contributed by atoms with Crippen LogP contribution in [0.25, 0.3) is 0 Å². The summed E-state index contributed by atoms with van der Waals surface area (Å²) in [7, 11) is 1.41. The molecular formula is C19H25FN7O. The average molecular weight is 386 g/mol. The Morgan fingerprint density at radius 3 is 2.57 bits per heavy atom. The van der Waals surface area contributed by atoms with Crippen LogP contribution in [0.2, 0.25) is 0 Å². The van der Waals surface area contributed by atoms with Gasteiger partial charge in [0.25, 0.3) is 17.8 Å². The molecule has 1 unspecified atom stereocenters. The van der Waals surface area contributed by atoms with Crippen molar-refractivity contribution in [1.82, 2.24) is 35.8 Å². The summed E-state index contributed by atoms with van der Waals surface area (Å²) in [6.07, 6.45) is 2.31. The number of benzene rings is 1. The van der Waals surface area contributed by atoms with Crippen molar-refractivity contribution in [2.75, 3.05) is 33.3 Å². The first kappa shape index (κ1) is 20.1. The summed E-state index contributed by atoms with van der Waals surface area (Å²) in [6.45, 7) is 7.33. The Balaban J connectivity index is 1.74. The summed E-state index contributed by atoms with van der Waals surface area (Å²) in [6, 6.07) is 4.83. The molecule has 9 heteroatoms. The second-order valence-corrected chi connectivity index (χ2v) is 6.41. The lowest BCUT2D eigenvalue weighted by Crippen LogP contribution is -2.34. The summed E-state index contributed by atoms with van der Waals surface area (Å²) < 4.78 is 18.8. The zero-order valence-electron chi connectivity index (χ0n) is 16.5. The second-order valence-electron chi connectivity index (χ2n) is 6.41. The largest absolute Gasteiger partial charge is 0.494 e. The average Bonchev–Trinajstić information content (AvgIpc) is 3.14. The fourth-order valence-electron chi connectivity index (χ4n) is 3.22. The lowest BCUT2D eigenvalue weighted by atomic mass is 10.2. The summed E-state index contributed by atoms with van der Waals surface area (Å²) in [4.78, 5) is 15.2. The van der Waals surface area contributed by atoms with E-state index < -0.39 is 5.82 Å². The Morgan fingerprint density at radius 2 is 1.89 bits per heavy atom. The van der Waals surface area contributed by atoms with Crippen molar-refractivity contribution in [3.63, 3.8) is 0 Å². The number of ether oxygens (including phenoxy) is 1. The predicted molar refractivity (Wildman–Crippen MR) is 103 cm³/mol. The van der Waals surface area contributed by atoms with Gasteiger partial charge in [0.1, 0.15) is 0 Å². The van der Waals surface area contributed by atoms with Crippen molar-refractivity contribution in [2.24, 2.45) is 0 Å².